The van der Waals surface area contributed by atoms with E-state index in [1.165, 1.54) is 0 Å². The number of hydrogen-bond donors (Lipinski definition) is 1. The van der Waals surface area contributed by atoms with Crippen LogP contribution in [-0.2, 0) is 9.53 Å². The summed E-state index contributed by atoms with van der Waals surface area (Å²) in [5.74, 6) is 1.09. The highest BCUT2D eigenvalue weighted by molar-refractivity contribution is 5.78. The number of carbonyl (C=O) groups excluding carboxylic acids is 1. The van der Waals surface area contributed by atoms with Crippen LogP contribution in [-0.4, -0.2) is 25.9 Å². The van der Waals surface area contributed by atoms with E-state index in [4.69, 9.17) is 14.2 Å². The summed E-state index contributed by atoms with van der Waals surface area (Å²) in [6.07, 6.45) is 0. The molecule has 1 heterocycles. The topological polar surface area (TPSA) is 56.8 Å². The van der Waals surface area contributed by atoms with E-state index < -0.39 is 6.04 Å². The molecule has 0 saturated carbocycles. The summed E-state index contributed by atoms with van der Waals surface area (Å²) in [5.41, 5.74) is 0.819. The molecule has 1 aromatic carbocycles. The highest BCUT2D eigenvalue weighted by Crippen LogP contribution is 2.34. The van der Waals surface area contributed by atoms with Crippen molar-refractivity contribution < 1.29 is 19.0 Å². The number of fused-ring (bicyclic) bond motifs is 1. The molecular weight excluding hydrogens is 234 g/mol. The highest BCUT2D eigenvalue weighted by Gasteiger charge is 2.23. The molecule has 0 aliphatic carbocycles. The van der Waals surface area contributed by atoms with E-state index >= 15 is 0 Å². The Morgan fingerprint density at radius 1 is 1.39 bits per heavy atom. The van der Waals surface area contributed by atoms with Gasteiger partial charge < -0.3 is 19.5 Å². The second-order valence-corrected chi connectivity index (χ2v) is 3.86. The van der Waals surface area contributed by atoms with Crippen LogP contribution in [0.4, 0.5) is 0 Å². The zero-order chi connectivity index (χ0) is 13.0. The molecule has 5 heteroatoms. The molecule has 0 bridgehead atoms. The van der Waals surface area contributed by atoms with Gasteiger partial charge in [0.25, 0.3) is 0 Å². The molecule has 2 rings (SSSR count). The third-order valence-corrected chi connectivity index (χ3v) is 2.66. The highest BCUT2D eigenvalue weighted by atomic mass is 16.7. The molecule has 0 aromatic heterocycles. The second kappa shape index (κ2) is 5.73. The molecule has 0 spiro atoms. The number of likely N-dealkylation sites (N-methyl/N-ethyl adjacent to an activating group) is 1. The van der Waals surface area contributed by atoms with Gasteiger partial charge in [-0.25, -0.2) is 4.79 Å². The van der Waals surface area contributed by atoms with E-state index in [-0.39, 0.29) is 12.8 Å². The Labute approximate surface area is 106 Å². The van der Waals surface area contributed by atoms with Crippen LogP contribution in [0.15, 0.2) is 18.2 Å². The molecule has 1 aliphatic heterocycles. The van der Waals surface area contributed by atoms with Crippen LogP contribution in [0.5, 0.6) is 11.5 Å². The fraction of sp³-hybridized carbons (Fsp3) is 0.462. The maximum absolute atomic E-state index is 11.9. The van der Waals surface area contributed by atoms with E-state index in [2.05, 4.69) is 5.32 Å². The van der Waals surface area contributed by atoms with Crippen molar-refractivity contribution in [1.82, 2.24) is 5.32 Å². The van der Waals surface area contributed by atoms with Crippen molar-refractivity contribution in [3.8, 4) is 11.5 Å². The maximum Gasteiger partial charge on any atom is 0.327 e. The van der Waals surface area contributed by atoms with E-state index in [9.17, 15) is 4.79 Å². The van der Waals surface area contributed by atoms with Crippen molar-refractivity contribution in [3.05, 3.63) is 23.8 Å². The minimum absolute atomic E-state index is 0.226. The lowest BCUT2D eigenvalue weighted by atomic mass is 10.1. The van der Waals surface area contributed by atoms with Crippen molar-refractivity contribution in [2.75, 3.05) is 19.9 Å². The first-order chi connectivity index (χ1) is 8.76. The summed E-state index contributed by atoms with van der Waals surface area (Å²) in [5, 5.41) is 3.10. The molecule has 0 saturated heterocycles. The SMILES string of the molecule is CCNC(C(=O)OCC)c1ccc2c(c1)OCO2. The zero-order valence-electron chi connectivity index (χ0n) is 10.6. The Hall–Kier alpha value is -1.75. The van der Waals surface area contributed by atoms with Crippen molar-refractivity contribution in [1.29, 1.82) is 0 Å². The molecule has 0 amide bonds. The summed E-state index contributed by atoms with van der Waals surface area (Å²) in [6, 6.07) is 5.00. The second-order valence-electron chi connectivity index (χ2n) is 3.86. The molecule has 1 aliphatic rings. The summed E-state index contributed by atoms with van der Waals surface area (Å²) in [6.45, 7) is 5.01. The van der Waals surface area contributed by atoms with Crippen molar-refractivity contribution in [2.45, 2.75) is 19.9 Å². The average molecular weight is 251 g/mol. The third kappa shape index (κ3) is 2.56. The number of nitrogens with one attached hydrogen (secondary N) is 1. The molecule has 1 aromatic rings. The number of esters is 1. The Morgan fingerprint density at radius 2 is 2.17 bits per heavy atom. The summed E-state index contributed by atoms with van der Waals surface area (Å²) in [4.78, 5) is 11.9. The van der Waals surface area contributed by atoms with Gasteiger partial charge in [0.1, 0.15) is 6.04 Å². The minimum atomic E-state index is -0.468. The molecule has 1 unspecified atom stereocenters. The quantitative estimate of drug-likeness (QED) is 0.806. The fourth-order valence-electron chi connectivity index (χ4n) is 1.86. The van der Waals surface area contributed by atoms with Crippen LogP contribution in [0.3, 0.4) is 0 Å². The van der Waals surface area contributed by atoms with Crippen LogP contribution in [0.25, 0.3) is 0 Å². The number of carbonyl (C=O) groups is 1. The van der Waals surface area contributed by atoms with Gasteiger partial charge in [-0.05, 0) is 31.2 Å². The summed E-state index contributed by atoms with van der Waals surface area (Å²) < 4.78 is 15.6. The Bertz CT molecular complexity index is 433. The lowest BCUT2D eigenvalue weighted by molar-refractivity contribution is -0.145. The van der Waals surface area contributed by atoms with Crippen molar-refractivity contribution >= 4 is 5.97 Å². The molecule has 18 heavy (non-hydrogen) atoms. The monoisotopic (exact) mass is 251 g/mol. The summed E-state index contributed by atoms with van der Waals surface area (Å²) in [7, 11) is 0. The van der Waals surface area contributed by atoms with Crippen LogP contribution < -0.4 is 14.8 Å². The standard InChI is InChI=1S/C13H17NO4/c1-3-14-12(13(15)16-4-2)9-5-6-10-11(7-9)18-8-17-10/h5-7,12,14H,3-4,8H2,1-2H3. The molecular formula is C13H17NO4. The molecule has 0 fully saturated rings. The number of rotatable bonds is 5. The molecule has 98 valence electrons. The van der Waals surface area contributed by atoms with Gasteiger partial charge in [-0.2, -0.15) is 0 Å². The lowest BCUT2D eigenvalue weighted by Crippen LogP contribution is -2.30. The number of ether oxygens (including phenoxy) is 3. The first kappa shape index (κ1) is 12.7. The smallest absolute Gasteiger partial charge is 0.327 e. The van der Waals surface area contributed by atoms with Gasteiger partial charge in [-0.15, -0.1) is 0 Å². The van der Waals surface area contributed by atoms with E-state index in [0.29, 0.717) is 24.7 Å². The van der Waals surface area contributed by atoms with Gasteiger partial charge >= 0.3 is 5.97 Å². The molecule has 1 atom stereocenters. The van der Waals surface area contributed by atoms with Crippen LogP contribution in [0.2, 0.25) is 0 Å². The summed E-state index contributed by atoms with van der Waals surface area (Å²) >= 11 is 0. The van der Waals surface area contributed by atoms with Crippen LogP contribution in [0.1, 0.15) is 25.5 Å². The van der Waals surface area contributed by atoms with Gasteiger partial charge in [-0.1, -0.05) is 13.0 Å². The first-order valence-corrected chi connectivity index (χ1v) is 6.05. The lowest BCUT2D eigenvalue weighted by Gasteiger charge is -2.16. The Balaban J connectivity index is 2.22. The molecule has 0 radical (unpaired) electrons. The zero-order valence-corrected chi connectivity index (χ0v) is 10.6. The van der Waals surface area contributed by atoms with Gasteiger partial charge in [0.15, 0.2) is 11.5 Å². The van der Waals surface area contributed by atoms with Crippen molar-refractivity contribution in [2.24, 2.45) is 0 Å². The predicted molar refractivity (Wildman–Crippen MR) is 65.6 cm³/mol. The van der Waals surface area contributed by atoms with E-state index in [0.717, 1.165) is 5.56 Å². The van der Waals surface area contributed by atoms with Crippen LogP contribution in [0, 0.1) is 0 Å². The maximum atomic E-state index is 11.9. The van der Waals surface area contributed by atoms with Gasteiger partial charge in [0.05, 0.1) is 6.61 Å². The average Bonchev–Trinajstić information content (AvgIpc) is 2.83. The molecule has 1 N–H and O–H groups in total. The van der Waals surface area contributed by atoms with Gasteiger partial charge in [0.2, 0.25) is 6.79 Å². The Morgan fingerprint density at radius 3 is 2.89 bits per heavy atom. The van der Waals surface area contributed by atoms with E-state index in [1.54, 1.807) is 13.0 Å². The van der Waals surface area contributed by atoms with E-state index in [1.807, 2.05) is 19.1 Å². The first-order valence-electron chi connectivity index (χ1n) is 6.05. The molecule has 5 nitrogen and oxygen atoms in total. The predicted octanol–water partition coefficient (Wildman–Crippen LogP) is 1.63. The normalized spacial score (nSPS) is 14.3. The van der Waals surface area contributed by atoms with Crippen LogP contribution >= 0.6 is 0 Å². The van der Waals surface area contributed by atoms with Crippen molar-refractivity contribution in [3.63, 3.8) is 0 Å². The third-order valence-electron chi connectivity index (χ3n) is 2.66. The minimum Gasteiger partial charge on any atom is -0.465 e. The Kier molecular flexibility index (Phi) is 4.04. The van der Waals surface area contributed by atoms with Gasteiger partial charge in [0, 0.05) is 0 Å². The fourth-order valence-corrected chi connectivity index (χ4v) is 1.86. The number of benzene rings is 1. The van der Waals surface area contributed by atoms with Gasteiger partial charge in [-0.3, -0.25) is 0 Å². The number of hydrogen-bond acceptors (Lipinski definition) is 5. The largest absolute Gasteiger partial charge is 0.465 e.